The highest BCUT2D eigenvalue weighted by atomic mass is 16.5. The normalized spacial score (nSPS) is 17.9. The van der Waals surface area contributed by atoms with Crippen LogP contribution in [0.25, 0.3) is 0 Å². The summed E-state index contributed by atoms with van der Waals surface area (Å²) in [5, 5.41) is 0. The van der Waals surface area contributed by atoms with Crippen LogP contribution in [0, 0.1) is 5.92 Å². The van der Waals surface area contributed by atoms with E-state index in [1.54, 1.807) is 7.11 Å². The molecule has 0 spiro atoms. The molecule has 1 rings (SSSR count). The summed E-state index contributed by atoms with van der Waals surface area (Å²) in [6.45, 7) is 1.19. The Kier molecular flexibility index (Phi) is 4.90. The number of nitrogens with two attached hydrogens (primary N) is 1. The van der Waals surface area contributed by atoms with Crippen LogP contribution in [-0.4, -0.2) is 32.3 Å². The molecule has 0 aromatic heterocycles. The molecule has 4 nitrogen and oxygen atoms in total. The Morgan fingerprint density at radius 3 is 2.86 bits per heavy atom. The molecule has 0 bridgehead atoms. The first-order valence-corrected chi connectivity index (χ1v) is 5.15. The fourth-order valence-corrected chi connectivity index (χ4v) is 1.16. The Labute approximate surface area is 84.7 Å². The Morgan fingerprint density at radius 2 is 2.29 bits per heavy atom. The minimum absolute atomic E-state index is 0.270. The van der Waals surface area contributed by atoms with Crippen molar-refractivity contribution < 1.29 is 14.3 Å². The Hall–Kier alpha value is -0.610. The maximum atomic E-state index is 11.3. The molecular weight excluding hydrogens is 182 g/mol. The van der Waals surface area contributed by atoms with E-state index in [4.69, 9.17) is 15.2 Å². The van der Waals surface area contributed by atoms with Gasteiger partial charge in [-0.05, 0) is 31.6 Å². The van der Waals surface area contributed by atoms with Gasteiger partial charge in [0.15, 0.2) is 0 Å². The highest BCUT2D eigenvalue weighted by Gasteiger charge is 2.24. The van der Waals surface area contributed by atoms with Gasteiger partial charge in [-0.1, -0.05) is 0 Å². The van der Waals surface area contributed by atoms with Crippen molar-refractivity contribution in [1.29, 1.82) is 0 Å². The number of esters is 1. The first-order chi connectivity index (χ1) is 6.74. The van der Waals surface area contributed by atoms with Gasteiger partial charge >= 0.3 is 5.97 Å². The van der Waals surface area contributed by atoms with Gasteiger partial charge < -0.3 is 15.2 Å². The quantitative estimate of drug-likeness (QED) is 0.486. The van der Waals surface area contributed by atoms with Crippen LogP contribution < -0.4 is 5.73 Å². The summed E-state index contributed by atoms with van der Waals surface area (Å²) in [5.74, 6) is 0.332. The first kappa shape index (κ1) is 11.5. The predicted molar refractivity (Wildman–Crippen MR) is 52.8 cm³/mol. The molecule has 82 valence electrons. The van der Waals surface area contributed by atoms with Crippen molar-refractivity contribution >= 4 is 5.97 Å². The molecule has 0 saturated heterocycles. The maximum absolute atomic E-state index is 11.3. The zero-order valence-electron chi connectivity index (χ0n) is 8.70. The molecule has 1 aliphatic carbocycles. The van der Waals surface area contributed by atoms with Crippen LogP contribution >= 0.6 is 0 Å². The van der Waals surface area contributed by atoms with Gasteiger partial charge in [0.05, 0.1) is 6.61 Å². The fraction of sp³-hybridized carbons (Fsp3) is 0.900. The Morgan fingerprint density at radius 1 is 1.57 bits per heavy atom. The SMILES string of the molecule is COCCCC(N)C(=O)OCC1CC1. The summed E-state index contributed by atoms with van der Waals surface area (Å²) < 4.78 is 9.93. The van der Waals surface area contributed by atoms with Gasteiger partial charge in [-0.2, -0.15) is 0 Å². The van der Waals surface area contributed by atoms with E-state index < -0.39 is 6.04 Å². The molecule has 14 heavy (non-hydrogen) atoms. The smallest absolute Gasteiger partial charge is 0.322 e. The third-order valence-corrected chi connectivity index (χ3v) is 2.32. The predicted octanol–water partition coefficient (Wildman–Crippen LogP) is 0.694. The van der Waals surface area contributed by atoms with Crippen molar-refractivity contribution in [2.75, 3.05) is 20.3 Å². The van der Waals surface area contributed by atoms with Gasteiger partial charge in [-0.15, -0.1) is 0 Å². The summed E-state index contributed by atoms with van der Waals surface area (Å²) in [7, 11) is 1.64. The van der Waals surface area contributed by atoms with E-state index in [1.165, 1.54) is 12.8 Å². The summed E-state index contributed by atoms with van der Waals surface area (Å²) >= 11 is 0. The van der Waals surface area contributed by atoms with Crippen molar-refractivity contribution in [2.24, 2.45) is 11.7 Å². The molecular formula is C10H19NO3. The summed E-state index contributed by atoms with van der Waals surface area (Å²) in [6, 6.07) is -0.483. The fourth-order valence-electron chi connectivity index (χ4n) is 1.16. The van der Waals surface area contributed by atoms with Gasteiger partial charge in [0, 0.05) is 13.7 Å². The van der Waals surface area contributed by atoms with Crippen molar-refractivity contribution in [3.8, 4) is 0 Å². The largest absolute Gasteiger partial charge is 0.464 e. The van der Waals surface area contributed by atoms with Crippen molar-refractivity contribution in [3.05, 3.63) is 0 Å². The second-order valence-electron chi connectivity index (χ2n) is 3.81. The number of rotatable bonds is 7. The second kappa shape index (κ2) is 5.98. The van der Waals surface area contributed by atoms with Gasteiger partial charge in [0.1, 0.15) is 6.04 Å². The molecule has 0 radical (unpaired) electrons. The third-order valence-electron chi connectivity index (χ3n) is 2.32. The lowest BCUT2D eigenvalue weighted by atomic mass is 10.2. The lowest BCUT2D eigenvalue weighted by Gasteiger charge is -2.10. The van der Waals surface area contributed by atoms with Crippen LogP contribution in [0.4, 0.5) is 0 Å². The molecule has 0 aromatic carbocycles. The lowest BCUT2D eigenvalue weighted by molar-refractivity contribution is -0.145. The van der Waals surface area contributed by atoms with Gasteiger partial charge in [-0.3, -0.25) is 4.79 Å². The van der Waals surface area contributed by atoms with E-state index in [2.05, 4.69) is 0 Å². The molecule has 2 N–H and O–H groups in total. The van der Waals surface area contributed by atoms with E-state index in [0.717, 1.165) is 6.42 Å². The van der Waals surface area contributed by atoms with Crippen LogP contribution in [0.15, 0.2) is 0 Å². The number of hydrogen-bond donors (Lipinski definition) is 1. The Balaban J connectivity index is 2.02. The number of methoxy groups -OCH3 is 1. The van der Waals surface area contributed by atoms with Crippen LogP contribution in [-0.2, 0) is 14.3 Å². The molecule has 0 heterocycles. The maximum Gasteiger partial charge on any atom is 0.322 e. The average Bonchev–Trinajstić information content (AvgIpc) is 2.98. The zero-order valence-corrected chi connectivity index (χ0v) is 8.70. The van der Waals surface area contributed by atoms with E-state index >= 15 is 0 Å². The number of carbonyl (C=O) groups excluding carboxylic acids is 1. The average molecular weight is 201 g/mol. The molecule has 1 atom stereocenters. The topological polar surface area (TPSA) is 61.5 Å². The highest BCUT2D eigenvalue weighted by molar-refractivity contribution is 5.75. The molecule has 1 saturated carbocycles. The second-order valence-corrected chi connectivity index (χ2v) is 3.81. The number of ether oxygens (including phenoxy) is 2. The molecule has 4 heteroatoms. The van der Waals surface area contributed by atoms with Crippen LogP contribution in [0.3, 0.4) is 0 Å². The van der Waals surface area contributed by atoms with E-state index in [1.807, 2.05) is 0 Å². The van der Waals surface area contributed by atoms with Gasteiger partial charge in [0.2, 0.25) is 0 Å². The third kappa shape index (κ3) is 4.58. The van der Waals surface area contributed by atoms with E-state index in [9.17, 15) is 4.79 Å². The molecule has 0 amide bonds. The monoisotopic (exact) mass is 201 g/mol. The van der Waals surface area contributed by atoms with Crippen LogP contribution in [0.1, 0.15) is 25.7 Å². The molecule has 1 fully saturated rings. The summed E-state index contributed by atoms with van der Waals surface area (Å²) in [4.78, 5) is 11.3. The zero-order chi connectivity index (χ0) is 10.4. The molecule has 1 aliphatic rings. The summed E-state index contributed by atoms with van der Waals surface area (Å²) in [5.41, 5.74) is 5.63. The Bertz CT molecular complexity index is 180. The minimum atomic E-state index is -0.483. The van der Waals surface area contributed by atoms with Crippen molar-refractivity contribution in [3.63, 3.8) is 0 Å². The van der Waals surface area contributed by atoms with Crippen LogP contribution in [0.5, 0.6) is 0 Å². The molecule has 0 aromatic rings. The van der Waals surface area contributed by atoms with Gasteiger partial charge in [0.25, 0.3) is 0 Å². The molecule has 1 unspecified atom stereocenters. The number of hydrogen-bond acceptors (Lipinski definition) is 4. The summed E-state index contributed by atoms with van der Waals surface area (Å²) in [6.07, 6.45) is 3.81. The van der Waals surface area contributed by atoms with E-state index in [0.29, 0.717) is 25.6 Å². The van der Waals surface area contributed by atoms with E-state index in [-0.39, 0.29) is 5.97 Å². The van der Waals surface area contributed by atoms with Crippen molar-refractivity contribution in [1.82, 2.24) is 0 Å². The van der Waals surface area contributed by atoms with Crippen molar-refractivity contribution in [2.45, 2.75) is 31.7 Å². The minimum Gasteiger partial charge on any atom is -0.464 e. The van der Waals surface area contributed by atoms with Gasteiger partial charge in [-0.25, -0.2) is 0 Å². The standard InChI is InChI=1S/C10H19NO3/c1-13-6-2-3-9(11)10(12)14-7-8-4-5-8/h8-9H,2-7,11H2,1H3. The van der Waals surface area contributed by atoms with Crippen LogP contribution in [0.2, 0.25) is 0 Å². The first-order valence-electron chi connectivity index (χ1n) is 5.15. The number of carbonyl (C=O) groups is 1. The highest BCUT2D eigenvalue weighted by Crippen LogP contribution is 2.28. The molecule has 0 aliphatic heterocycles. The lowest BCUT2D eigenvalue weighted by Crippen LogP contribution is -2.32.